The molecule has 18 heavy (non-hydrogen) atoms. The van der Waals surface area contributed by atoms with Crippen molar-refractivity contribution in [2.24, 2.45) is 23.2 Å². The Labute approximate surface area is 111 Å². The monoisotopic (exact) mass is 250 g/mol. The molecule has 0 aliphatic heterocycles. The summed E-state index contributed by atoms with van der Waals surface area (Å²) in [6, 6.07) is 0. The van der Waals surface area contributed by atoms with Gasteiger partial charge in [0.1, 0.15) is 0 Å². The van der Waals surface area contributed by atoms with Crippen LogP contribution in [0.4, 0.5) is 0 Å². The Balaban J connectivity index is 1.94. The molecule has 2 fully saturated rings. The number of rotatable bonds is 4. The van der Waals surface area contributed by atoms with E-state index in [0.29, 0.717) is 12.0 Å². The highest BCUT2D eigenvalue weighted by Gasteiger charge is 2.43. The van der Waals surface area contributed by atoms with Crippen molar-refractivity contribution in [2.45, 2.75) is 52.4 Å². The van der Waals surface area contributed by atoms with Gasteiger partial charge in [-0.15, -0.1) is 0 Å². The fourth-order valence-electron chi connectivity index (χ4n) is 4.64. The second-order valence-corrected chi connectivity index (χ2v) is 6.78. The minimum absolute atomic E-state index is 0.282. The second-order valence-electron chi connectivity index (χ2n) is 6.78. The lowest BCUT2D eigenvalue weighted by atomic mass is 9.56. The fraction of sp³-hybridized carbons (Fsp3) is 0.812. The number of fused-ring (bicyclic) bond motifs is 2. The Hall–Kier alpha value is -0.790. The first-order chi connectivity index (χ1) is 8.53. The molecule has 2 rings (SSSR count). The summed E-state index contributed by atoms with van der Waals surface area (Å²) in [5.41, 5.74) is 0.446. The smallest absolute Gasteiger partial charge is 0.330 e. The zero-order valence-electron chi connectivity index (χ0n) is 11.8. The second kappa shape index (κ2) is 5.46. The summed E-state index contributed by atoms with van der Waals surface area (Å²) in [5, 5.41) is 0. The zero-order chi connectivity index (χ0) is 13.2. The van der Waals surface area contributed by atoms with Gasteiger partial charge < -0.3 is 4.74 Å². The zero-order valence-corrected chi connectivity index (χ0v) is 11.8. The van der Waals surface area contributed by atoms with Crippen molar-refractivity contribution in [1.29, 1.82) is 0 Å². The molecule has 0 radical (unpaired) electrons. The van der Waals surface area contributed by atoms with Gasteiger partial charge in [-0.3, -0.25) is 0 Å². The number of hydrogen-bond donors (Lipinski definition) is 0. The Kier molecular flexibility index (Phi) is 4.14. The molecule has 102 valence electrons. The number of ether oxygens (including phenoxy) is 1. The molecule has 0 amide bonds. The van der Waals surface area contributed by atoms with Gasteiger partial charge >= 0.3 is 5.97 Å². The van der Waals surface area contributed by atoms with Crippen LogP contribution in [0.5, 0.6) is 0 Å². The molecular weight excluding hydrogens is 224 g/mol. The predicted molar refractivity (Wildman–Crippen MR) is 73.1 cm³/mol. The summed E-state index contributed by atoms with van der Waals surface area (Å²) in [5.74, 6) is 2.31. The minimum Gasteiger partial charge on any atom is -0.463 e. The first-order valence-corrected chi connectivity index (χ1v) is 7.32. The lowest BCUT2D eigenvalue weighted by Crippen LogP contribution is -2.39. The minimum atomic E-state index is -0.282. The molecule has 0 saturated heterocycles. The topological polar surface area (TPSA) is 26.3 Å². The van der Waals surface area contributed by atoms with E-state index in [2.05, 4.69) is 20.4 Å². The standard InChI is InChI=1S/C16H26O2/c1-4-15(17)18-6-5-16-9-12(2)7-14(11-16)8-13(3)10-16/h4,12-14H,1,5-11H2,2-3H3. The van der Waals surface area contributed by atoms with Crippen LogP contribution in [0.3, 0.4) is 0 Å². The first kappa shape index (κ1) is 13.6. The largest absolute Gasteiger partial charge is 0.463 e. The van der Waals surface area contributed by atoms with Crippen molar-refractivity contribution in [3.8, 4) is 0 Å². The molecule has 0 aromatic rings. The molecule has 2 atom stereocenters. The van der Waals surface area contributed by atoms with Crippen molar-refractivity contribution < 1.29 is 9.53 Å². The van der Waals surface area contributed by atoms with Gasteiger partial charge in [-0.05, 0) is 61.7 Å². The Morgan fingerprint density at radius 2 is 1.89 bits per heavy atom. The van der Waals surface area contributed by atoms with Crippen LogP contribution in [-0.2, 0) is 9.53 Å². The molecule has 0 aromatic carbocycles. The number of hydrogen-bond acceptors (Lipinski definition) is 2. The summed E-state index contributed by atoms with van der Waals surface area (Å²) in [7, 11) is 0. The van der Waals surface area contributed by atoms with Crippen LogP contribution < -0.4 is 0 Å². The highest BCUT2D eigenvalue weighted by molar-refractivity contribution is 5.81. The van der Waals surface area contributed by atoms with Crippen LogP contribution in [0.2, 0.25) is 0 Å². The van der Waals surface area contributed by atoms with E-state index in [-0.39, 0.29) is 5.97 Å². The molecule has 2 aliphatic carbocycles. The van der Waals surface area contributed by atoms with Crippen molar-refractivity contribution in [3.05, 3.63) is 12.7 Å². The van der Waals surface area contributed by atoms with Crippen LogP contribution in [0.1, 0.15) is 52.4 Å². The normalized spacial score (nSPS) is 39.1. The average Bonchev–Trinajstić information content (AvgIpc) is 2.26. The quantitative estimate of drug-likeness (QED) is 0.557. The highest BCUT2D eigenvalue weighted by atomic mass is 16.5. The van der Waals surface area contributed by atoms with Gasteiger partial charge in [0.15, 0.2) is 0 Å². The van der Waals surface area contributed by atoms with Crippen LogP contribution in [0.25, 0.3) is 0 Å². The molecule has 2 nitrogen and oxygen atoms in total. The molecular formula is C16H26O2. The molecule has 0 heterocycles. The summed E-state index contributed by atoms with van der Waals surface area (Å²) >= 11 is 0. The molecule has 2 saturated carbocycles. The highest BCUT2D eigenvalue weighted by Crippen LogP contribution is 2.54. The maximum atomic E-state index is 11.1. The third-order valence-electron chi connectivity index (χ3n) is 4.80. The molecule has 0 N–H and O–H groups in total. The Morgan fingerprint density at radius 3 is 2.44 bits per heavy atom. The van der Waals surface area contributed by atoms with Gasteiger partial charge in [0.05, 0.1) is 6.61 Å². The van der Waals surface area contributed by atoms with Crippen LogP contribution in [0.15, 0.2) is 12.7 Å². The summed E-state index contributed by atoms with van der Waals surface area (Å²) in [6.45, 7) is 8.77. The van der Waals surface area contributed by atoms with Crippen molar-refractivity contribution in [1.82, 2.24) is 0 Å². The molecule has 2 aliphatic rings. The van der Waals surface area contributed by atoms with E-state index < -0.39 is 0 Å². The van der Waals surface area contributed by atoms with E-state index >= 15 is 0 Å². The van der Waals surface area contributed by atoms with E-state index in [9.17, 15) is 4.79 Å². The van der Waals surface area contributed by atoms with Crippen molar-refractivity contribution in [2.75, 3.05) is 6.61 Å². The van der Waals surface area contributed by atoms with Crippen LogP contribution in [0, 0.1) is 23.2 Å². The summed E-state index contributed by atoms with van der Waals surface area (Å²) < 4.78 is 5.19. The van der Waals surface area contributed by atoms with E-state index in [1.807, 2.05) is 0 Å². The maximum absolute atomic E-state index is 11.1. The molecule has 2 bridgehead atoms. The van der Waals surface area contributed by atoms with E-state index in [0.717, 1.165) is 24.2 Å². The van der Waals surface area contributed by atoms with Gasteiger partial charge in [-0.25, -0.2) is 4.79 Å². The lowest BCUT2D eigenvalue weighted by Gasteiger charge is -2.50. The molecule has 2 heteroatoms. The number of carbonyl (C=O) groups is 1. The van der Waals surface area contributed by atoms with Crippen LogP contribution in [-0.4, -0.2) is 12.6 Å². The van der Waals surface area contributed by atoms with Gasteiger partial charge in [-0.2, -0.15) is 0 Å². The van der Waals surface area contributed by atoms with E-state index in [4.69, 9.17) is 4.74 Å². The van der Waals surface area contributed by atoms with Crippen molar-refractivity contribution in [3.63, 3.8) is 0 Å². The number of carbonyl (C=O) groups excluding carboxylic acids is 1. The Morgan fingerprint density at radius 1 is 1.28 bits per heavy atom. The van der Waals surface area contributed by atoms with Gasteiger partial charge in [0.2, 0.25) is 0 Å². The summed E-state index contributed by atoms with van der Waals surface area (Å²) in [6.07, 6.45) is 9.09. The van der Waals surface area contributed by atoms with Crippen LogP contribution >= 0.6 is 0 Å². The summed E-state index contributed by atoms with van der Waals surface area (Å²) in [4.78, 5) is 11.1. The third kappa shape index (κ3) is 3.15. The van der Waals surface area contributed by atoms with Gasteiger partial charge in [0, 0.05) is 6.08 Å². The van der Waals surface area contributed by atoms with Crippen molar-refractivity contribution >= 4 is 5.97 Å². The molecule has 0 spiro atoms. The fourth-order valence-corrected chi connectivity index (χ4v) is 4.64. The SMILES string of the molecule is C=CC(=O)OCCC12CC(C)CC(CC(C)C1)C2. The lowest BCUT2D eigenvalue weighted by molar-refractivity contribution is -0.139. The third-order valence-corrected chi connectivity index (χ3v) is 4.80. The first-order valence-electron chi connectivity index (χ1n) is 7.32. The molecule has 2 unspecified atom stereocenters. The van der Waals surface area contributed by atoms with E-state index in [1.54, 1.807) is 0 Å². The van der Waals surface area contributed by atoms with Gasteiger partial charge in [0.25, 0.3) is 0 Å². The molecule has 0 aromatic heterocycles. The number of esters is 1. The average molecular weight is 250 g/mol. The Bertz CT molecular complexity index is 302. The maximum Gasteiger partial charge on any atom is 0.330 e. The predicted octanol–water partition coefficient (Wildman–Crippen LogP) is 3.96. The van der Waals surface area contributed by atoms with E-state index in [1.165, 1.54) is 38.2 Å². The van der Waals surface area contributed by atoms with Gasteiger partial charge in [-0.1, -0.05) is 20.4 Å².